The minimum atomic E-state index is -4.56. The third-order valence-corrected chi connectivity index (χ3v) is 6.22. The number of anilines is 1. The number of aromatic amines is 1. The third kappa shape index (κ3) is 2.97. The van der Waals surface area contributed by atoms with Crippen molar-refractivity contribution in [3.05, 3.63) is 60.9 Å². The minimum absolute atomic E-state index is 0.0305. The number of carbonyl (C=O) groups excluding carboxylic acids is 1. The topological polar surface area (TPSA) is 79.7 Å². The Bertz CT molecular complexity index is 1320. The first-order valence-corrected chi connectivity index (χ1v) is 10.2. The van der Waals surface area contributed by atoms with E-state index in [0.717, 1.165) is 47.7 Å². The molecule has 6 rings (SSSR count). The van der Waals surface area contributed by atoms with Crippen molar-refractivity contribution in [3.8, 4) is 11.1 Å². The summed E-state index contributed by atoms with van der Waals surface area (Å²) in [6.07, 6.45) is 2.72. The van der Waals surface area contributed by atoms with E-state index < -0.39 is 6.30 Å². The largest absolute Gasteiger partial charge is 0.504 e. The number of pyridine rings is 1. The smallest absolute Gasteiger partial charge is 0.345 e. The van der Waals surface area contributed by atoms with Crippen LogP contribution in [0, 0.1) is 11.8 Å². The lowest BCUT2D eigenvalue weighted by Crippen LogP contribution is -2.56. The Balaban J connectivity index is 1.33. The highest BCUT2D eigenvalue weighted by molar-refractivity contribution is 6.04. The summed E-state index contributed by atoms with van der Waals surface area (Å²) in [5.74, 6) is 0.304. The van der Waals surface area contributed by atoms with E-state index in [4.69, 9.17) is 0 Å². The molecule has 32 heavy (non-hydrogen) atoms. The molecule has 0 bridgehead atoms. The molecule has 0 radical (unpaired) electrons. The third-order valence-electron chi connectivity index (χ3n) is 6.22. The zero-order valence-corrected chi connectivity index (χ0v) is 16.6. The summed E-state index contributed by atoms with van der Waals surface area (Å²) >= 11 is 0. The average molecular weight is 438 g/mol. The molecule has 162 valence electrons. The quantitative estimate of drug-likeness (QED) is 0.479. The van der Waals surface area contributed by atoms with Crippen molar-refractivity contribution in [2.45, 2.75) is 25.2 Å². The molecule has 0 spiro atoms. The number of hydrogen-bond donors (Lipinski definition) is 1. The van der Waals surface area contributed by atoms with E-state index >= 15 is 0 Å². The van der Waals surface area contributed by atoms with E-state index in [0.29, 0.717) is 17.0 Å². The minimum Gasteiger partial charge on any atom is -0.345 e. The number of amides is 1. The van der Waals surface area contributed by atoms with Crippen LogP contribution in [0.4, 0.5) is 18.9 Å². The van der Waals surface area contributed by atoms with Crippen LogP contribution in [0.25, 0.3) is 22.2 Å². The van der Waals surface area contributed by atoms with E-state index in [2.05, 4.69) is 20.1 Å². The lowest BCUT2D eigenvalue weighted by Gasteiger charge is -2.47. The number of rotatable bonds is 4. The summed E-state index contributed by atoms with van der Waals surface area (Å²) in [4.78, 5) is 26.6. The molecule has 2 atom stereocenters. The Hall–Kier alpha value is -3.69. The molecule has 10 heteroatoms. The van der Waals surface area contributed by atoms with Crippen LogP contribution < -0.4 is 4.90 Å². The van der Waals surface area contributed by atoms with Crippen LogP contribution in [0.5, 0.6) is 0 Å². The van der Waals surface area contributed by atoms with Gasteiger partial charge in [-0.2, -0.15) is 9.78 Å². The van der Waals surface area contributed by atoms with E-state index in [-0.39, 0.29) is 22.5 Å². The molecule has 2 aliphatic rings. The molecule has 1 amide bonds. The summed E-state index contributed by atoms with van der Waals surface area (Å²) in [5.41, 5.74) is 4.01. The van der Waals surface area contributed by atoms with E-state index in [1.807, 2.05) is 18.2 Å². The SMILES string of the molecule is O=C1[C@H](C2CC2)[C@H](c2ccc(-c3cnn(C(F)(F)F)c3)cn2)N1c1ccc2nc[nH]c2c1. The van der Waals surface area contributed by atoms with Crippen molar-refractivity contribution in [2.75, 3.05) is 4.90 Å². The maximum absolute atomic E-state index is 13.0. The number of carbonyl (C=O) groups is 1. The van der Waals surface area contributed by atoms with Crippen molar-refractivity contribution < 1.29 is 18.0 Å². The maximum Gasteiger partial charge on any atom is 0.504 e. The van der Waals surface area contributed by atoms with E-state index in [1.165, 1.54) is 6.20 Å². The highest BCUT2D eigenvalue weighted by Gasteiger charge is 2.55. The summed E-state index contributed by atoms with van der Waals surface area (Å²) < 4.78 is 38.4. The van der Waals surface area contributed by atoms with Gasteiger partial charge in [-0.1, -0.05) is 6.07 Å². The second-order valence-corrected chi connectivity index (χ2v) is 8.23. The molecule has 4 aromatic rings. The number of H-pyrrole nitrogens is 1. The Morgan fingerprint density at radius 1 is 1.03 bits per heavy atom. The van der Waals surface area contributed by atoms with Crippen molar-refractivity contribution >= 4 is 22.6 Å². The number of halogens is 3. The van der Waals surface area contributed by atoms with Gasteiger partial charge in [0.2, 0.25) is 5.91 Å². The van der Waals surface area contributed by atoms with Gasteiger partial charge < -0.3 is 9.88 Å². The Labute approximate surface area is 179 Å². The van der Waals surface area contributed by atoms with Gasteiger partial charge in [-0.25, -0.2) is 4.98 Å². The lowest BCUT2D eigenvalue weighted by molar-refractivity contribution is -0.212. The van der Waals surface area contributed by atoms with Gasteiger partial charge in [0.1, 0.15) is 0 Å². The van der Waals surface area contributed by atoms with Crippen molar-refractivity contribution in [1.82, 2.24) is 24.7 Å². The number of nitrogens with zero attached hydrogens (tertiary/aromatic N) is 5. The molecule has 1 aliphatic carbocycles. The number of hydrogen-bond acceptors (Lipinski definition) is 4. The normalized spacial score (nSPS) is 21.2. The van der Waals surface area contributed by atoms with Gasteiger partial charge >= 0.3 is 6.30 Å². The van der Waals surface area contributed by atoms with Crippen LogP contribution in [0.1, 0.15) is 24.6 Å². The fraction of sp³-hybridized carbons (Fsp3) is 0.273. The molecule has 1 saturated heterocycles. The summed E-state index contributed by atoms with van der Waals surface area (Å²) in [6, 6.07) is 8.94. The maximum atomic E-state index is 13.0. The zero-order valence-electron chi connectivity index (χ0n) is 16.6. The molecule has 4 heterocycles. The number of fused-ring (bicyclic) bond motifs is 1. The molecule has 2 fully saturated rings. The number of benzene rings is 1. The van der Waals surface area contributed by atoms with Gasteiger partial charge in [0.15, 0.2) is 0 Å². The van der Waals surface area contributed by atoms with E-state index in [9.17, 15) is 18.0 Å². The van der Waals surface area contributed by atoms with Gasteiger partial charge in [-0.15, -0.1) is 13.2 Å². The first kappa shape index (κ1) is 19.0. The monoisotopic (exact) mass is 438 g/mol. The van der Waals surface area contributed by atoms with Gasteiger partial charge in [0.05, 0.1) is 41.2 Å². The first-order valence-electron chi connectivity index (χ1n) is 10.2. The molecule has 1 saturated carbocycles. The fourth-order valence-electron chi connectivity index (χ4n) is 4.47. The molecule has 3 aromatic heterocycles. The number of nitrogens with one attached hydrogen (secondary N) is 1. The predicted octanol–water partition coefficient (Wildman–Crippen LogP) is 4.41. The summed E-state index contributed by atoms with van der Waals surface area (Å²) in [6.45, 7) is 0. The highest BCUT2D eigenvalue weighted by atomic mass is 19.4. The number of β-lactam (4-membered cyclic amide) rings is 1. The molecule has 1 N–H and O–H groups in total. The lowest BCUT2D eigenvalue weighted by atomic mass is 9.80. The standard InChI is InChI=1S/C22H17F3N6O/c23-22(24,25)30-10-14(9-29-30)13-3-5-17(26-8-13)20-19(12-1-2-12)21(32)31(20)15-4-6-16-18(7-15)28-11-27-16/h3-12,19-20H,1-2H2,(H,27,28)/t19-,20+/m1/s1. The number of alkyl halides is 3. The molecular formula is C22H17F3N6O. The van der Waals surface area contributed by atoms with Crippen molar-refractivity contribution in [1.29, 1.82) is 0 Å². The van der Waals surface area contributed by atoms with Crippen LogP contribution in [0.3, 0.4) is 0 Å². The summed E-state index contributed by atoms with van der Waals surface area (Å²) in [7, 11) is 0. The second-order valence-electron chi connectivity index (χ2n) is 8.23. The average Bonchev–Trinajstić information content (AvgIpc) is 3.26. The Morgan fingerprint density at radius 2 is 1.88 bits per heavy atom. The number of aromatic nitrogens is 5. The van der Waals surface area contributed by atoms with Crippen molar-refractivity contribution in [3.63, 3.8) is 0 Å². The van der Waals surface area contributed by atoms with E-state index in [1.54, 1.807) is 23.4 Å². The summed E-state index contributed by atoms with van der Waals surface area (Å²) in [5, 5.41) is 3.38. The highest BCUT2D eigenvalue weighted by Crippen LogP contribution is 2.53. The van der Waals surface area contributed by atoms with Crippen LogP contribution >= 0.6 is 0 Å². The molecule has 1 aliphatic heterocycles. The van der Waals surface area contributed by atoms with Gasteiger partial charge in [-0.3, -0.25) is 9.78 Å². The number of imidazole rings is 1. The van der Waals surface area contributed by atoms with Crippen LogP contribution in [-0.4, -0.2) is 30.6 Å². The fourth-order valence-corrected chi connectivity index (χ4v) is 4.47. The van der Waals surface area contributed by atoms with Gasteiger partial charge in [0, 0.05) is 29.2 Å². The van der Waals surface area contributed by atoms with Crippen LogP contribution in [0.2, 0.25) is 0 Å². The molecule has 1 aromatic carbocycles. The van der Waals surface area contributed by atoms with Gasteiger partial charge in [-0.05, 0) is 43.0 Å². The molecular weight excluding hydrogens is 421 g/mol. The molecule has 7 nitrogen and oxygen atoms in total. The second kappa shape index (κ2) is 6.65. The first-order chi connectivity index (χ1) is 15.4. The van der Waals surface area contributed by atoms with Crippen molar-refractivity contribution in [2.24, 2.45) is 11.8 Å². The Morgan fingerprint density at radius 3 is 2.56 bits per heavy atom. The Kier molecular flexibility index (Phi) is 3.96. The predicted molar refractivity (Wildman–Crippen MR) is 109 cm³/mol. The van der Waals surface area contributed by atoms with Crippen LogP contribution in [-0.2, 0) is 11.1 Å². The van der Waals surface area contributed by atoms with Crippen LogP contribution in [0.15, 0.2) is 55.2 Å². The van der Waals surface area contributed by atoms with Gasteiger partial charge in [0.25, 0.3) is 0 Å². The zero-order chi connectivity index (χ0) is 22.0. The molecule has 0 unspecified atom stereocenters.